The van der Waals surface area contributed by atoms with E-state index < -0.39 is 0 Å². The predicted octanol–water partition coefficient (Wildman–Crippen LogP) is 3.33. The lowest BCUT2D eigenvalue weighted by Crippen LogP contribution is -2.18. The topological polar surface area (TPSA) is 56.5 Å². The lowest BCUT2D eigenvalue weighted by atomic mass is 10.2. The van der Waals surface area contributed by atoms with Gasteiger partial charge in [0.05, 0.1) is 16.7 Å². The molecule has 0 saturated heterocycles. The van der Waals surface area contributed by atoms with Gasteiger partial charge in [0.15, 0.2) is 11.5 Å². The van der Waals surface area contributed by atoms with E-state index in [0.29, 0.717) is 12.4 Å². The number of ether oxygens (including phenoxy) is 2. The quantitative estimate of drug-likeness (QED) is 0.926. The first-order chi connectivity index (χ1) is 9.63. The van der Waals surface area contributed by atoms with E-state index in [9.17, 15) is 0 Å². The Balaban J connectivity index is 1.68. The van der Waals surface area contributed by atoms with Crippen LogP contribution < -0.4 is 14.8 Å². The number of nitrogens with one attached hydrogen (secondary N) is 1. The van der Waals surface area contributed by atoms with E-state index in [4.69, 9.17) is 13.9 Å². The van der Waals surface area contributed by atoms with Crippen molar-refractivity contribution in [1.29, 1.82) is 0 Å². The molecule has 1 aromatic heterocycles. The van der Waals surface area contributed by atoms with E-state index in [-0.39, 0.29) is 12.8 Å². The highest BCUT2D eigenvalue weighted by Gasteiger charge is 2.18. The van der Waals surface area contributed by atoms with E-state index in [2.05, 4.69) is 26.2 Å². The Bertz CT molecular complexity index is 627. The second-order valence-electron chi connectivity index (χ2n) is 4.72. The Morgan fingerprint density at radius 2 is 2.25 bits per heavy atom. The van der Waals surface area contributed by atoms with Gasteiger partial charge in [0.2, 0.25) is 12.7 Å². The first-order valence-corrected chi connectivity index (χ1v) is 7.16. The first-order valence-electron chi connectivity index (χ1n) is 6.37. The van der Waals surface area contributed by atoms with Crippen LogP contribution >= 0.6 is 15.9 Å². The molecule has 1 unspecified atom stereocenters. The summed E-state index contributed by atoms with van der Waals surface area (Å²) in [7, 11) is 0. The SMILES string of the molecule is Cc1cnc(C(C)NCc2cc(Br)c3c(c2)OCO3)o1. The molecule has 0 bridgehead atoms. The summed E-state index contributed by atoms with van der Waals surface area (Å²) in [4.78, 5) is 4.22. The van der Waals surface area contributed by atoms with Crippen molar-refractivity contribution < 1.29 is 13.9 Å². The van der Waals surface area contributed by atoms with Crippen LogP contribution in [-0.4, -0.2) is 11.8 Å². The van der Waals surface area contributed by atoms with Gasteiger partial charge >= 0.3 is 0 Å². The molecule has 5 nitrogen and oxygen atoms in total. The Kier molecular flexibility index (Phi) is 3.67. The number of halogens is 1. The second-order valence-corrected chi connectivity index (χ2v) is 5.58. The van der Waals surface area contributed by atoms with Gasteiger partial charge in [-0.1, -0.05) is 0 Å². The van der Waals surface area contributed by atoms with Crippen LogP contribution in [0.25, 0.3) is 0 Å². The van der Waals surface area contributed by atoms with E-state index in [0.717, 1.165) is 27.3 Å². The van der Waals surface area contributed by atoms with E-state index in [1.165, 1.54) is 0 Å². The van der Waals surface area contributed by atoms with Crippen molar-refractivity contribution >= 4 is 15.9 Å². The van der Waals surface area contributed by atoms with Crippen molar-refractivity contribution in [3.8, 4) is 11.5 Å². The molecule has 1 aliphatic rings. The number of hydrogen-bond acceptors (Lipinski definition) is 5. The Labute approximate surface area is 125 Å². The minimum absolute atomic E-state index is 0.0490. The van der Waals surface area contributed by atoms with Gasteiger partial charge in [0.1, 0.15) is 5.76 Å². The summed E-state index contributed by atoms with van der Waals surface area (Å²) in [5.41, 5.74) is 1.11. The van der Waals surface area contributed by atoms with Gasteiger partial charge in [0, 0.05) is 6.54 Å². The number of benzene rings is 1. The van der Waals surface area contributed by atoms with Gasteiger partial charge < -0.3 is 19.2 Å². The van der Waals surface area contributed by atoms with Crippen LogP contribution in [0.15, 0.2) is 27.2 Å². The summed E-state index contributed by atoms with van der Waals surface area (Å²) >= 11 is 3.49. The zero-order valence-electron chi connectivity index (χ0n) is 11.3. The molecule has 0 spiro atoms. The summed E-state index contributed by atoms with van der Waals surface area (Å²) < 4.78 is 17.2. The largest absolute Gasteiger partial charge is 0.454 e. The molecule has 2 aromatic rings. The van der Waals surface area contributed by atoms with Crippen molar-refractivity contribution in [1.82, 2.24) is 10.3 Å². The summed E-state index contributed by atoms with van der Waals surface area (Å²) in [6.07, 6.45) is 1.73. The number of aryl methyl sites for hydroxylation is 1. The molecule has 0 radical (unpaired) electrons. The summed E-state index contributed by atoms with van der Waals surface area (Å²) in [5, 5.41) is 3.37. The lowest BCUT2D eigenvalue weighted by Gasteiger charge is -2.11. The van der Waals surface area contributed by atoms with Crippen molar-refractivity contribution in [2.24, 2.45) is 0 Å². The normalized spacial score (nSPS) is 14.6. The fourth-order valence-electron chi connectivity index (χ4n) is 2.05. The highest BCUT2D eigenvalue weighted by molar-refractivity contribution is 9.10. The average Bonchev–Trinajstić information content (AvgIpc) is 3.04. The molecule has 2 heterocycles. The van der Waals surface area contributed by atoms with Crippen molar-refractivity contribution in [3.63, 3.8) is 0 Å². The molecule has 6 heteroatoms. The van der Waals surface area contributed by atoms with E-state index >= 15 is 0 Å². The highest BCUT2D eigenvalue weighted by Crippen LogP contribution is 2.40. The maximum atomic E-state index is 5.50. The van der Waals surface area contributed by atoms with Crippen LogP contribution in [0.3, 0.4) is 0 Å². The van der Waals surface area contributed by atoms with Crippen LogP contribution in [0, 0.1) is 6.92 Å². The molecule has 3 rings (SSSR count). The number of rotatable bonds is 4. The van der Waals surface area contributed by atoms with Gasteiger partial charge in [-0.2, -0.15) is 0 Å². The van der Waals surface area contributed by atoms with Crippen LogP contribution in [-0.2, 0) is 6.54 Å². The van der Waals surface area contributed by atoms with Gasteiger partial charge in [-0.15, -0.1) is 0 Å². The molecule has 1 aromatic carbocycles. The number of nitrogens with zero attached hydrogens (tertiary/aromatic N) is 1. The van der Waals surface area contributed by atoms with Crippen LogP contribution in [0.2, 0.25) is 0 Å². The Morgan fingerprint density at radius 1 is 1.40 bits per heavy atom. The number of fused-ring (bicyclic) bond motifs is 1. The van der Waals surface area contributed by atoms with Gasteiger partial charge in [0.25, 0.3) is 0 Å². The molecule has 1 atom stereocenters. The van der Waals surface area contributed by atoms with E-state index in [1.54, 1.807) is 6.20 Å². The molecule has 106 valence electrons. The van der Waals surface area contributed by atoms with Gasteiger partial charge in [-0.05, 0) is 47.5 Å². The summed E-state index contributed by atoms with van der Waals surface area (Å²) in [6.45, 7) is 4.88. The monoisotopic (exact) mass is 338 g/mol. The molecule has 0 amide bonds. The average molecular weight is 339 g/mol. The van der Waals surface area contributed by atoms with Gasteiger partial charge in [-0.3, -0.25) is 0 Å². The number of oxazole rings is 1. The van der Waals surface area contributed by atoms with Gasteiger partial charge in [-0.25, -0.2) is 4.98 Å². The molecule has 0 fully saturated rings. The van der Waals surface area contributed by atoms with Crippen molar-refractivity contribution in [2.45, 2.75) is 26.4 Å². The molecular formula is C14H15BrN2O3. The first kappa shape index (κ1) is 13.5. The maximum Gasteiger partial charge on any atom is 0.231 e. The third kappa shape index (κ3) is 2.66. The maximum absolute atomic E-state index is 5.50. The molecule has 0 aliphatic carbocycles. The fraction of sp³-hybridized carbons (Fsp3) is 0.357. The smallest absolute Gasteiger partial charge is 0.231 e. The standard InChI is InChI=1S/C14H15BrN2O3/c1-8-5-17-14(20-8)9(2)16-6-10-3-11(15)13-12(4-10)18-7-19-13/h3-5,9,16H,6-7H2,1-2H3. The highest BCUT2D eigenvalue weighted by atomic mass is 79.9. The minimum atomic E-state index is 0.0490. The fourth-order valence-corrected chi connectivity index (χ4v) is 2.66. The van der Waals surface area contributed by atoms with Crippen LogP contribution in [0.4, 0.5) is 0 Å². The summed E-state index contributed by atoms with van der Waals surface area (Å²) in [6, 6.07) is 4.05. The zero-order chi connectivity index (χ0) is 14.1. The number of hydrogen-bond donors (Lipinski definition) is 1. The minimum Gasteiger partial charge on any atom is -0.454 e. The zero-order valence-corrected chi connectivity index (χ0v) is 12.9. The molecule has 20 heavy (non-hydrogen) atoms. The molecule has 1 N–H and O–H groups in total. The summed E-state index contributed by atoms with van der Waals surface area (Å²) in [5.74, 6) is 3.06. The molecule has 1 aliphatic heterocycles. The lowest BCUT2D eigenvalue weighted by molar-refractivity contribution is 0.173. The third-order valence-corrected chi connectivity index (χ3v) is 3.70. The van der Waals surface area contributed by atoms with E-state index in [1.807, 2.05) is 26.0 Å². The third-order valence-electron chi connectivity index (χ3n) is 3.11. The molecule has 0 saturated carbocycles. The second kappa shape index (κ2) is 5.46. The van der Waals surface area contributed by atoms with Crippen LogP contribution in [0.1, 0.15) is 30.2 Å². The van der Waals surface area contributed by atoms with Crippen LogP contribution in [0.5, 0.6) is 11.5 Å². The van der Waals surface area contributed by atoms with Crippen molar-refractivity contribution in [2.75, 3.05) is 6.79 Å². The number of aromatic nitrogens is 1. The van der Waals surface area contributed by atoms with Crippen molar-refractivity contribution in [3.05, 3.63) is 40.0 Å². The predicted molar refractivity (Wildman–Crippen MR) is 76.8 cm³/mol. The Morgan fingerprint density at radius 3 is 3.00 bits per heavy atom. The molecular weight excluding hydrogens is 324 g/mol. The Hall–Kier alpha value is -1.53.